The molecule has 0 saturated carbocycles. The first kappa shape index (κ1) is 20.2. The number of rotatable bonds is 4. The van der Waals surface area contributed by atoms with Crippen LogP contribution in [0.1, 0.15) is 66.5 Å². The predicted octanol–water partition coefficient (Wildman–Crippen LogP) is 5.56. The van der Waals surface area contributed by atoms with Gasteiger partial charge in [0.1, 0.15) is 0 Å². The van der Waals surface area contributed by atoms with Crippen molar-refractivity contribution in [3.8, 4) is 0 Å². The van der Waals surface area contributed by atoms with E-state index in [4.69, 9.17) is 12.6 Å². The van der Waals surface area contributed by atoms with E-state index in [0.29, 0.717) is 0 Å². The van der Waals surface area contributed by atoms with Crippen LogP contribution in [-0.2, 0) is 29.4 Å². The maximum atomic E-state index is 4.79. The van der Waals surface area contributed by atoms with Crippen molar-refractivity contribution in [2.24, 2.45) is 0 Å². The van der Waals surface area contributed by atoms with Gasteiger partial charge in [-0.15, -0.1) is 5.41 Å². The van der Waals surface area contributed by atoms with Crippen molar-refractivity contribution in [1.82, 2.24) is 0 Å². The molecule has 113 valence electrons. The quantitative estimate of drug-likeness (QED) is 0.543. The van der Waals surface area contributed by atoms with Gasteiger partial charge in [0.05, 0.1) is 0 Å². The third kappa shape index (κ3) is 3.87. The van der Waals surface area contributed by atoms with Gasteiger partial charge in [-0.25, -0.2) is 0 Å². The molecule has 20 heavy (non-hydrogen) atoms. The molecule has 0 aliphatic rings. The van der Waals surface area contributed by atoms with Crippen LogP contribution in [0.2, 0.25) is 0 Å². The van der Waals surface area contributed by atoms with Crippen LogP contribution in [0.25, 0.3) is 0 Å². The van der Waals surface area contributed by atoms with Gasteiger partial charge >= 0.3 is 0 Å². The van der Waals surface area contributed by atoms with Gasteiger partial charge in [-0.2, -0.15) is 26.5 Å². The molecule has 1 rings (SSSR count). The molecule has 0 nitrogen and oxygen atoms in total. The van der Waals surface area contributed by atoms with E-state index in [2.05, 4.69) is 79.7 Å². The third-order valence-corrected chi connectivity index (χ3v) is 5.64. The second-order valence-corrected chi connectivity index (χ2v) is 8.51. The third-order valence-electron chi connectivity index (χ3n) is 5.09. The summed E-state index contributed by atoms with van der Waals surface area (Å²) in [7, 11) is 0. The summed E-state index contributed by atoms with van der Waals surface area (Å²) in [5, 5.41) is 0. The summed E-state index contributed by atoms with van der Waals surface area (Å²) in [5.41, 5.74) is 2.89. The second kappa shape index (κ2) is 6.50. The summed E-state index contributed by atoms with van der Waals surface area (Å²) in [6, 6.07) is 8.99. The Balaban J connectivity index is 0.00000361. The van der Waals surface area contributed by atoms with Crippen molar-refractivity contribution in [3.63, 3.8) is 0 Å². The molecule has 0 N–H and O–H groups in total. The predicted molar refractivity (Wildman–Crippen MR) is 90.2 cm³/mol. The molecule has 0 heterocycles. The van der Waals surface area contributed by atoms with E-state index in [9.17, 15) is 0 Å². The summed E-state index contributed by atoms with van der Waals surface area (Å²) < 4.78 is -0.0548. The maximum Gasteiger partial charge on any atom is 0.0164 e. The second-order valence-electron chi connectivity index (χ2n) is 7.39. The van der Waals surface area contributed by atoms with Crippen molar-refractivity contribution in [1.29, 1.82) is 0 Å². The zero-order valence-electron chi connectivity index (χ0n) is 14.2. The minimum absolute atomic E-state index is 0. The van der Waals surface area contributed by atoms with Crippen LogP contribution in [0.5, 0.6) is 0 Å². The van der Waals surface area contributed by atoms with E-state index in [-0.39, 0.29) is 34.1 Å². The van der Waals surface area contributed by atoms with E-state index in [1.807, 2.05) is 0 Å². The molecule has 0 amide bonds. The zero-order chi connectivity index (χ0) is 15.1. The van der Waals surface area contributed by atoms with Crippen molar-refractivity contribution >= 4 is 12.6 Å². The molecule has 0 atom stereocenters. The SMILES string of the molecule is C[C-](C)C(C)(C)c1cccc(C(C)(C)C(C)(C)S)c1.[V]. The Labute approximate surface area is 143 Å². The first-order valence-corrected chi connectivity index (χ1v) is 7.49. The summed E-state index contributed by atoms with van der Waals surface area (Å²) in [6.07, 6.45) is 0. The Morgan fingerprint density at radius 1 is 0.900 bits per heavy atom. The van der Waals surface area contributed by atoms with Crippen LogP contribution < -0.4 is 0 Å². The summed E-state index contributed by atoms with van der Waals surface area (Å²) in [6.45, 7) is 17.9. The van der Waals surface area contributed by atoms with Gasteiger partial charge in [-0.3, -0.25) is 0 Å². The molecule has 0 saturated heterocycles. The van der Waals surface area contributed by atoms with E-state index in [0.717, 1.165) is 0 Å². The molecule has 1 aromatic rings. The molecule has 0 aromatic heterocycles. The fourth-order valence-corrected chi connectivity index (χ4v) is 2.07. The smallest absolute Gasteiger partial charge is 0.0164 e. The van der Waals surface area contributed by atoms with Crippen LogP contribution >= 0.6 is 12.6 Å². The van der Waals surface area contributed by atoms with Gasteiger partial charge in [0.2, 0.25) is 0 Å². The fourth-order valence-electron chi connectivity index (χ4n) is 1.94. The van der Waals surface area contributed by atoms with Gasteiger partial charge in [-0.1, -0.05) is 71.4 Å². The van der Waals surface area contributed by atoms with E-state index in [1.54, 1.807) is 0 Å². The van der Waals surface area contributed by atoms with Crippen molar-refractivity contribution < 1.29 is 18.6 Å². The Kier molecular flexibility index (Phi) is 6.55. The molecule has 0 bridgehead atoms. The van der Waals surface area contributed by atoms with E-state index < -0.39 is 0 Å². The number of thiol groups is 1. The molecule has 0 spiro atoms. The van der Waals surface area contributed by atoms with Crippen molar-refractivity contribution in [2.45, 2.75) is 71.0 Å². The molecule has 0 aliphatic heterocycles. The Bertz CT molecular complexity index is 439. The van der Waals surface area contributed by atoms with Gasteiger partial charge in [0, 0.05) is 28.7 Å². The summed E-state index contributed by atoms with van der Waals surface area (Å²) >= 11 is 4.79. The average molecular weight is 328 g/mol. The van der Waals surface area contributed by atoms with Crippen LogP contribution in [0.4, 0.5) is 0 Å². The summed E-state index contributed by atoms with van der Waals surface area (Å²) in [4.78, 5) is 0. The number of benzene rings is 1. The molecular formula is C18H29SV-. The first-order valence-electron chi connectivity index (χ1n) is 7.04. The molecule has 0 unspecified atom stereocenters. The molecule has 0 fully saturated rings. The summed E-state index contributed by atoms with van der Waals surface area (Å²) in [5.74, 6) is 1.44. The van der Waals surface area contributed by atoms with E-state index in [1.165, 1.54) is 17.0 Å². The monoisotopic (exact) mass is 328 g/mol. The maximum absolute atomic E-state index is 4.79. The topological polar surface area (TPSA) is 0 Å². The Morgan fingerprint density at radius 3 is 1.75 bits per heavy atom. The standard InChI is InChI=1S/C18H29S.V/c1-13(2)16(3,4)14-10-9-11-15(12-14)17(5,6)18(7,8)19;/h9-12,19H,1-8H3;/q-1;. The fraction of sp³-hybridized carbons (Fsp3) is 0.611. The number of hydrogen-bond acceptors (Lipinski definition) is 1. The van der Waals surface area contributed by atoms with Crippen LogP contribution in [-0.4, -0.2) is 4.75 Å². The Morgan fingerprint density at radius 2 is 1.35 bits per heavy atom. The molecule has 2 heteroatoms. The average Bonchev–Trinajstić information content (AvgIpc) is 2.27. The van der Waals surface area contributed by atoms with Crippen LogP contribution in [0.15, 0.2) is 24.3 Å². The Hall–Kier alpha value is 0.154. The minimum Gasteiger partial charge on any atom is -0.310 e. The molecule has 0 aliphatic carbocycles. The van der Waals surface area contributed by atoms with Gasteiger partial charge in [0.15, 0.2) is 0 Å². The van der Waals surface area contributed by atoms with E-state index >= 15 is 0 Å². The van der Waals surface area contributed by atoms with Crippen LogP contribution in [0.3, 0.4) is 0 Å². The molecular weight excluding hydrogens is 299 g/mol. The minimum atomic E-state index is -0.0548. The largest absolute Gasteiger partial charge is 0.310 e. The van der Waals surface area contributed by atoms with Crippen LogP contribution in [0, 0.1) is 5.92 Å². The first-order chi connectivity index (χ1) is 8.40. The number of hydrogen-bond donors (Lipinski definition) is 1. The van der Waals surface area contributed by atoms with Crippen molar-refractivity contribution in [2.75, 3.05) is 0 Å². The zero-order valence-corrected chi connectivity index (χ0v) is 16.5. The van der Waals surface area contributed by atoms with Gasteiger partial charge in [-0.05, 0) is 5.56 Å². The normalized spacial score (nSPS) is 13.3. The molecule has 1 radical (unpaired) electrons. The van der Waals surface area contributed by atoms with Gasteiger partial charge in [0.25, 0.3) is 0 Å². The van der Waals surface area contributed by atoms with Crippen molar-refractivity contribution in [3.05, 3.63) is 41.3 Å². The van der Waals surface area contributed by atoms with Gasteiger partial charge < -0.3 is 5.92 Å². The molecule has 1 aromatic carbocycles.